The summed E-state index contributed by atoms with van der Waals surface area (Å²) in [6, 6.07) is 14.3. The molecular formula is C20H19N3O3. The normalized spacial score (nSPS) is 16.8. The SMILES string of the molecule is Cc1cccc(OC2CCN(C(=O)c3cc(=O)[nH]c4ccccc34)C2)n1. The molecule has 1 aliphatic heterocycles. The molecule has 1 aliphatic rings. The predicted molar refractivity (Wildman–Crippen MR) is 98.5 cm³/mol. The molecule has 3 heterocycles. The number of nitrogens with one attached hydrogen (secondary N) is 1. The van der Waals surface area contributed by atoms with Crippen LogP contribution in [0.5, 0.6) is 5.88 Å². The second-order valence-electron chi connectivity index (χ2n) is 6.49. The molecule has 4 rings (SSSR count). The predicted octanol–water partition coefficient (Wildman–Crippen LogP) is 2.53. The van der Waals surface area contributed by atoms with Gasteiger partial charge < -0.3 is 14.6 Å². The number of nitrogens with zero attached hydrogens (tertiary/aromatic N) is 2. The number of hydrogen-bond donors (Lipinski definition) is 1. The van der Waals surface area contributed by atoms with Crippen LogP contribution in [0, 0.1) is 6.92 Å². The van der Waals surface area contributed by atoms with Crippen molar-refractivity contribution in [1.29, 1.82) is 0 Å². The van der Waals surface area contributed by atoms with E-state index >= 15 is 0 Å². The van der Waals surface area contributed by atoms with E-state index in [1.165, 1.54) is 6.07 Å². The Morgan fingerprint density at radius 1 is 1.23 bits per heavy atom. The Labute approximate surface area is 150 Å². The van der Waals surface area contributed by atoms with Gasteiger partial charge in [0.25, 0.3) is 5.91 Å². The number of H-pyrrole nitrogens is 1. The average Bonchev–Trinajstić information content (AvgIpc) is 3.09. The number of aryl methyl sites for hydroxylation is 1. The number of carbonyl (C=O) groups excluding carboxylic acids is 1. The molecule has 0 bridgehead atoms. The maximum atomic E-state index is 13.0. The molecule has 1 atom stereocenters. The molecule has 1 saturated heterocycles. The van der Waals surface area contributed by atoms with E-state index in [0.717, 1.165) is 17.5 Å². The van der Waals surface area contributed by atoms with Crippen LogP contribution < -0.4 is 10.3 Å². The summed E-state index contributed by atoms with van der Waals surface area (Å²) in [4.78, 5) is 33.7. The van der Waals surface area contributed by atoms with Gasteiger partial charge in [-0.2, -0.15) is 0 Å². The third-order valence-corrected chi connectivity index (χ3v) is 4.56. The van der Waals surface area contributed by atoms with Gasteiger partial charge in [-0.3, -0.25) is 9.59 Å². The number of aromatic amines is 1. The van der Waals surface area contributed by atoms with Gasteiger partial charge in [0.2, 0.25) is 11.4 Å². The van der Waals surface area contributed by atoms with Gasteiger partial charge in [0.05, 0.1) is 12.1 Å². The lowest BCUT2D eigenvalue weighted by atomic mass is 10.1. The van der Waals surface area contributed by atoms with E-state index in [1.807, 2.05) is 43.3 Å². The second-order valence-corrected chi connectivity index (χ2v) is 6.49. The smallest absolute Gasteiger partial charge is 0.254 e. The van der Waals surface area contributed by atoms with Crippen molar-refractivity contribution in [3.8, 4) is 5.88 Å². The molecule has 132 valence electrons. The second kappa shape index (κ2) is 6.63. The molecule has 2 aromatic heterocycles. The minimum atomic E-state index is -0.275. The van der Waals surface area contributed by atoms with Crippen LogP contribution in [0.1, 0.15) is 22.5 Å². The van der Waals surface area contributed by atoms with Crippen LogP contribution in [-0.2, 0) is 0 Å². The summed E-state index contributed by atoms with van der Waals surface area (Å²) < 4.78 is 5.91. The summed E-state index contributed by atoms with van der Waals surface area (Å²) in [6.07, 6.45) is 0.643. The number of fused-ring (bicyclic) bond motifs is 1. The van der Waals surface area contributed by atoms with Crippen molar-refractivity contribution in [3.63, 3.8) is 0 Å². The molecule has 1 amide bonds. The zero-order valence-corrected chi connectivity index (χ0v) is 14.4. The fourth-order valence-electron chi connectivity index (χ4n) is 3.32. The highest BCUT2D eigenvalue weighted by molar-refractivity contribution is 6.06. The maximum absolute atomic E-state index is 13.0. The number of benzene rings is 1. The summed E-state index contributed by atoms with van der Waals surface area (Å²) in [5, 5.41) is 0.752. The van der Waals surface area contributed by atoms with E-state index in [9.17, 15) is 9.59 Å². The standard InChI is InChI=1S/C20H19N3O3/c1-13-5-4-8-19(21-13)26-14-9-10-23(12-14)20(25)16-11-18(24)22-17-7-3-2-6-15(16)17/h2-8,11,14H,9-10,12H2,1H3,(H,22,24). The highest BCUT2D eigenvalue weighted by Gasteiger charge is 2.29. The highest BCUT2D eigenvalue weighted by atomic mass is 16.5. The summed E-state index contributed by atoms with van der Waals surface area (Å²) in [5.74, 6) is 0.432. The molecule has 0 saturated carbocycles. The molecule has 6 nitrogen and oxygen atoms in total. The van der Waals surface area contributed by atoms with Crippen molar-refractivity contribution in [3.05, 3.63) is 70.1 Å². The molecule has 6 heteroatoms. The van der Waals surface area contributed by atoms with E-state index in [2.05, 4.69) is 9.97 Å². The Hall–Kier alpha value is -3.15. The molecule has 1 unspecified atom stereocenters. The Bertz CT molecular complexity index is 1030. The van der Waals surface area contributed by atoms with Crippen LogP contribution in [-0.4, -0.2) is 40.0 Å². The van der Waals surface area contributed by atoms with Crippen molar-refractivity contribution in [1.82, 2.24) is 14.9 Å². The number of rotatable bonds is 3. The van der Waals surface area contributed by atoms with Crippen molar-refractivity contribution < 1.29 is 9.53 Å². The van der Waals surface area contributed by atoms with Crippen LogP contribution in [0.4, 0.5) is 0 Å². The summed E-state index contributed by atoms with van der Waals surface area (Å²) in [6.45, 7) is 2.99. The first kappa shape index (κ1) is 16.3. The lowest BCUT2D eigenvalue weighted by Gasteiger charge is -2.18. The molecule has 1 N–H and O–H groups in total. The molecule has 1 fully saturated rings. The topological polar surface area (TPSA) is 75.3 Å². The van der Waals surface area contributed by atoms with E-state index in [0.29, 0.717) is 30.0 Å². The van der Waals surface area contributed by atoms with Gasteiger partial charge in [-0.25, -0.2) is 4.98 Å². The van der Waals surface area contributed by atoms with Gasteiger partial charge in [-0.15, -0.1) is 0 Å². The molecular weight excluding hydrogens is 330 g/mol. The number of likely N-dealkylation sites (tertiary alicyclic amines) is 1. The van der Waals surface area contributed by atoms with Gasteiger partial charge in [0.1, 0.15) is 6.10 Å². The third kappa shape index (κ3) is 3.18. The third-order valence-electron chi connectivity index (χ3n) is 4.56. The number of carbonyl (C=O) groups is 1. The first-order valence-corrected chi connectivity index (χ1v) is 8.62. The van der Waals surface area contributed by atoms with Crippen LogP contribution in [0.2, 0.25) is 0 Å². The first-order valence-electron chi connectivity index (χ1n) is 8.62. The highest BCUT2D eigenvalue weighted by Crippen LogP contribution is 2.21. The van der Waals surface area contributed by atoms with Crippen LogP contribution >= 0.6 is 0 Å². The van der Waals surface area contributed by atoms with Crippen LogP contribution in [0.15, 0.2) is 53.3 Å². The average molecular weight is 349 g/mol. The molecule has 0 spiro atoms. The van der Waals surface area contributed by atoms with E-state index in [4.69, 9.17) is 4.74 Å². The maximum Gasteiger partial charge on any atom is 0.254 e. The number of amides is 1. The summed E-state index contributed by atoms with van der Waals surface area (Å²) >= 11 is 0. The van der Waals surface area contributed by atoms with E-state index in [1.54, 1.807) is 11.0 Å². The largest absolute Gasteiger partial charge is 0.472 e. The monoisotopic (exact) mass is 349 g/mol. The number of hydrogen-bond acceptors (Lipinski definition) is 4. The summed E-state index contributed by atoms with van der Waals surface area (Å²) in [7, 11) is 0. The fourth-order valence-corrected chi connectivity index (χ4v) is 3.32. The van der Waals surface area contributed by atoms with E-state index in [-0.39, 0.29) is 17.6 Å². The number of ether oxygens (including phenoxy) is 1. The number of pyridine rings is 2. The van der Waals surface area contributed by atoms with Gasteiger partial charge in [0, 0.05) is 41.7 Å². The minimum Gasteiger partial charge on any atom is -0.472 e. The van der Waals surface area contributed by atoms with Crippen molar-refractivity contribution in [2.75, 3.05) is 13.1 Å². The zero-order chi connectivity index (χ0) is 18.1. The van der Waals surface area contributed by atoms with Crippen molar-refractivity contribution in [2.24, 2.45) is 0 Å². The lowest BCUT2D eigenvalue weighted by Crippen LogP contribution is -2.32. The van der Waals surface area contributed by atoms with Gasteiger partial charge in [-0.05, 0) is 19.1 Å². The zero-order valence-electron chi connectivity index (χ0n) is 14.4. The molecule has 0 aliphatic carbocycles. The first-order chi connectivity index (χ1) is 12.6. The molecule has 0 radical (unpaired) electrons. The molecule has 3 aromatic rings. The lowest BCUT2D eigenvalue weighted by molar-refractivity contribution is 0.0773. The Kier molecular flexibility index (Phi) is 4.16. The summed E-state index contributed by atoms with van der Waals surface area (Å²) in [5.41, 5.74) is 1.71. The Morgan fingerprint density at radius 3 is 2.92 bits per heavy atom. The molecule has 26 heavy (non-hydrogen) atoms. The molecule has 1 aromatic carbocycles. The number of aromatic nitrogens is 2. The number of para-hydroxylation sites is 1. The quantitative estimate of drug-likeness (QED) is 0.788. The van der Waals surface area contributed by atoms with Crippen molar-refractivity contribution >= 4 is 16.8 Å². The minimum absolute atomic E-state index is 0.0958. The van der Waals surface area contributed by atoms with Gasteiger partial charge >= 0.3 is 0 Å². The van der Waals surface area contributed by atoms with Crippen molar-refractivity contribution in [2.45, 2.75) is 19.4 Å². The van der Waals surface area contributed by atoms with Crippen LogP contribution in [0.3, 0.4) is 0 Å². The Morgan fingerprint density at radius 2 is 2.08 bits per heavy atom. The van der Waals surface area contributed by atoms with Crippen LogP contribution in [0.25, 0.3) is 10.9 Å². The fraction of sp³-hybridized carbons (Fsp3) is 0.250. The Balaban J connectivity index is 1.54. The van der Waals surface area contributed by atoms with Gasteiger partial charge in [-0.1, -0.05) is 24.3 Å². The van der Waals surface area contributed by atoms with E-state index < -0.39 is 0 Å². The van der Waals surface area contributed by atoms with Gasteiger partial charge in [0.15, 0.2) is 0 Å².